The topological polar surface area (TPSA) is 58.7 Å². The van der Waals surface area contributed by atoms with Crippen LogP contribution in [0, 0.1) is 5.92 Å². The van der Waals surface area contributed by atoms with Crippen LogP contribution in [0.25, 0.3) is 0 Å². The van der Waals surface area contributed by atoms with Crippen LogP contribution < -0.4 is 10.5 Å². The minimum absolute atomic E-state index is 0.229. The maximum absolute atomic E-state index is 9.44. The SMILES string of the molecule is COc1ccc(CN2CCC(C)C2CO)cc1N. The second-order valence-electron chi connectivity index (χ2n) is 5.06. The van der Waals surface area contributed by atoms with Crippen molar-refractivity contribution in [2.75, 3.05) is 26.0 Å². The van der Waals surface area contributed by atoms with Crippen molar-refractivity contribution in [3.05, 3.63) is 23.8 Å². The van der Waals surface area contributed by atoms with Gasteiger partial charge in [-0.1, -0.05) is 13.0 Å². The predicted octanol–water partition coefficient (Wildman–Crippen LogP) is 1.48. The summed E-state index contributed by atoms with van der Waals surface area (Å²) in [6, 6.07) is 6.16. The zero-order valence-corrected chi connectivity index (χ0v) is 11.1. The second kappa shape index (κ2) is 5.59. The Morgan fingerprint density at radius 1 is 1.50 bits per heavy atom. The summed E-state index contributed by atoms with van der Waals surface area (Å²) in [6.07, 6.45) is 1.15. The standard InChI is InChI=1S/C14H22N2O2/c1-10-5-6-16(13(10)9-17)8-11-3-4-14(18-2)12(15)7-11/h3-4,7,10,13,17H,5-6,8-9,15H2,1-2H3. The summed E-state index contributed by atoms with van der Waals surface area (Å²) in [5.41, 5.74) is 7.74. The van der Waals surface area contributed by atoms with Gasteiger partial charge in [0.25, 0.3) is 0 Å². The normalized spacial score (nSPS) is 24.4. The monoisotopic (exact) mass is 250 g/mol. The van der Waals surface area contributed by atoms with Crippen LogP contribution in [-0.4, -0.2) is 36.3 Å². The summed E-state index contributed by atoms with van der Waals surface area (Å²) in [6.45, 7) is 4.30. The average molecular weight is 250 g/mol. The van der Waals surface area contributed by atoms with Crippen LogP contribution in [0.5, 0.6) is 5.75 Å². The van der Waals surface area contributed by atoms with E-state index in [0.29, 0.717) is 17.4 Å². The molecule has 0 amide bonds. The molecule has 4 heteroatoms. The first-order valence-corrected chi connectivity index (χ1v) is 6.43. The summed E-state index contributed by atoms with van der Waals surface area (Å²) < 4.78 is 5.15. The lowest BCUT2D eigenvalue weighted by atomic mass is 10.0. The van der Waals surface area contributed by atoms with Crippen LogP contribution in [0.4, 0.5) is 5.69 Å². The molecule has 3 N–H and O–H groups in total. The van der Waals surface area contributed by atoms with Crippen molar-refractivity contribution in [2.45, 2.75) is 25.9 Å². The fourth-order valence-electron chi connectivity index (χ4n) is 2.70. The molecule has 0 radical (unpaired) electrons. The Bertz CT molecular complexity index is 409. The molecular weight excluding hydrogens is 228 g/mol. The molecular formula is C14H22N2O2. The van der Waals surface area contributed by atoms with E-state index in [2.05, 4.69) is 11.8 Å². The highest BCUT2D eigenvalue weighted by atomic mass is 16.5. The van der Waals surface area contributed by atoms with Crippen molar-refractivity contribution in [2.24, 2.45) is 5.92 Å². The number of anilines is 1. The summed E-state index contributed by atoms with van der Waals surface area (Å²) in [7, 11) is 1.62. The van der Waals surface area contributed by atoms with E-state index < -0.39 is 0 Å². The molecule has 0 spiro atoms. The molecule has 1 heterocycles. The Hall–Kier alpha value is -1.26. The lowest BCUT2D eigenvalue weighted by Crippen LogP contribution is -2.34. The number of nitrogens with zero attached hydrogens (tertiary/aromatic N) is 1. The van der Waals surface area contributed by atoms with Gasteiger partial charge in [0.2, 0.25) is 0 Å². The zero-order valence-electron chi connectivity index (χ0n) is 11.1. The van der Waals surface area contributed by atoms with Crippen molar-refractivity contribution in [3.8, 4) is 5.75 Å². The quantitative estimate of drug-likeness (QED) is 0.795. The number of aliphatic hydroxyl groups is 1. The molecule has 18 heavy (non-hydrogen) atoms. The van der Waals surface area contributed by atoms with Gasteiger partial charge in [-0.25, -0.2) is 0 Å². The molecule has 0 saturated carbocycles. The number of methoxy groups -OCH3 is 1. The van der Waals surface area contributed by atoms with Crippen LogP contribution in [0.3, 0.4) is 0 Å². The van der Waals surface area contributed by atoms with E-state index in [1.54, 1.807) is 7.11 Å². The highest BCUT2D eigenvalue weighted by molar-refractivity contribution is 5.54. The van der Waals surface area contributed by atoms with Gasteiger partial charge in [-0.2, -0.15) is 0 Å². The smallest absolute Gasteiger partial charge is 0.141 e. The van der Waals surface area contributed by atoms with Crippen LogP contribution in [0.15, 0.2) is 18.2 Å². The summed E-state index contributed by atoms with van der Waals surface area (Å²) in [4.78, 5) is 2.33. The number of rotatable bonds is 4. The molecule has 2 rings (SSSR count). The maximum atomic E-state index is 9.44. The third-order valence-electron chi connectivity index (χ3n) is 3.86. The number of hydrogen-bond donors (Lipinski definition) is 2. The van der Waals surface area contributed by atoms with E-state index in [1.165, 1.54) is 5.56 Å². The molecule has 1 aliphatic rings. The molecule has 1 fully saturated rings. The van der Waals surface area contributed by atoms with Gasteiger partial charge >= 0.3 is 0 Å². The van der Waals surface area contributed by atoms with Crippen molar-refractivity contribution in [1.29, 1.82) is 0 Å². The van der Waals surface area contributed by atoms with E-state index in [-0.39, 0.29) is 12.6 Å². The number of benzene rings is 1. The van der Waals surface area contributed by atoms with Crippen LogP contribution >= 0.6 is 0 Å². The maximum Gasteiger partial charge on any atom is 0.141 e. The molecule has 1 aromatic carbocycles. The van der Waals surface area contributed by atoms with Crippen molar-refractivity contribution < 1.29 is 9.84 Å². The van der Waals surface area contributed by atoms with Gasteiger partial charge in [-0.05, 0) is 36.6 Å². The van der Waals surface area contributed by atoms with E-state index in [4.69, 9.17) is 10.5 Å². The molecule has 4 nitrogen and oxygen atoms in total. The van der Waals surface area contributed by atoms with Crippen LogP contribution in [0.1, 0.15) is 18.9 Å². The van der Waals surface area contributed by atoms with Gasteiger partial charge in [0.15, 0.2) is 0 Å². The van der Waals surface area contributed by atoms with Crippen molar-refractivity contribution >= 4 is 5.69 Å². The molecule has 0 aliphatic carbocycles. The number of nitrogen functional groups attached to an aromatic ring is 1. The lowest BCUT2D eigenvalue weighted by Gasteiger charge is -2.25. The van der Waals surface area contributed by atoms with Crippen LogP contribution in [-0.2, 0) is 6.54 Å². The third-order valence-corrected chi connectivity index (χ3v) is 3.86. The fourth-order valence-corrected chi connectivity index (χ4v) is 2.70. The molecule has 0 bridgehead atoms. The average Bonchev–Trinajstić information content (AvgIpc) is 2.70. The Morgan fingerprint density at radius 3 is 2.89 bits per heavy atom. The van der Waals surface area contributed by atoms with Crippen molar-refractivity contribution in [3.63, 3.8) is 0 Å². The molecule has 2 atom stereocenters. The van der Waals surface area contributed by atoms with E-state index in [0.717, 1.165) is 19.5 Å². The van der Waals surface area contributed by atoms with Gasteiger partial charge in [0, 0.05) is 12.6 Å². The molecule has 100 valence electrons. The van der Waals surface area contributed by atoms with Crippen LogP contribution in [0.2, 0.25) is 0 Å². The minimum Gasteiger partial charge on any atom is -0.495 e. The number of nitrogens with two attached hydrogens (primary N) is 1. The largest absolute Gasteiger partial charge is 0.495 e. The summed E-state index contributed by atoms with van der Waals surface area (Å²) in [5, 5.41) is 9.44. The first kappa shape index (κ1) is 13.2. The van der Waals surface area contributed by atoms with E-state index in [9.17, 15) is 5.11 Å². The number of hydrogen-bond acceptors (Lipinski definition) is 4. The Kier molecular flexibility index (Phi) is 4.09. The summed E-state index contributed by atoms with van der Waals surface area (Å²) >= 11 is 0. The Labute approximate surface area is 108 Å². The Balaban J connectivity index is 2.07. The van der Waals surface area contributed by atoms with E-state index in [1.807, 2.05) is 18.2 Å². The van der Waals surface area contributed by atoms with Gasteiger partial charge in [0.1, 0.15) is 5.75 Å². The van der Waals surface area contributed by atoms with Gasteiger partial charge < -0.3 is 15.6 Å². The molecule has 1 saturated heterocycles. The number of likely N-dealkylation sites (tertiary alicyclic amines) is 1. The number of ether oxygens (including phenoxy) is 1. The summed E-state index contributed by atoms with van der Waals surface area (Å²) in [5.74, 6) is 1.28. The molecule has 0 aromatic heterocycles. The first-order valence-electron chi connectivity index (χ1n) is 6.43. The highest BCUT2D eigenvalue weighted by Gasteiger charge is 2.30. The first-order chi connectivity index (χ1) is 8.65. The third kappa shape index (κ3) is 2.60. The number of aliphatic hydroxyl groups excluding tert-OH is 1. The van der Waals surface area contributed by atoms with Crippen molar-refractivity contribution in [1.82, 2.24) is 4.90 Å². The second-order valence-corrected chi connectivity index (χ2v) is 5.06. The zero-order chi connectivity index (χ0) is 13.1. The predicted molar refractivity (Wildman–Crippen MR) is 72.5 cm³/mol. The Morgan fingerprint density at radius 2 is 2.28 bits per heavy atom. The van der Waals surface area contributed by atoms with Gasteiger partial charge in [-0.15, -0.1) is 0 Å². The molecule has 1 aliphatic heterocycles. The minimum atomic E-state index is 0.229. The van der Waals surface area contributed by atoms with Gasteiger partial charge in [0.05, 0.1) is 19.4 Å². The lowest BCUT2D eigenvalue weighted by molar-refractivity contribution is 0.134. The molecule has 1 aromatic rings. The van der Waals surface area contributed by atoms with Gasteiger partial charge in [-0.3, -0.25) is 4.90 Å². The fraction of sp³-hybridized carbons (Fsp3) is 0.571. The van der Waals surface area contributed by atoms with E-state index >= 15 is 0 Å². The highest BCUT2D eigenvalue weighted by Crippen LogP contribution is 2.27. The molecule has 2 unspecified atom stereocenters.